The molecule has 0 radical (unpaired) electrons. The zero-order chi connectivity index (χ0) is 10.5. The average molecular weight is 188 g/mol. The Morgan fingerprint density at radius 1 is 1.31 bits per heavy atom. The third-order valence-corrected chi connectivity index (χ3v) is 2.18. The Kier molecular flexibility index (Phi) is 5.53. The largest absolute Gasteiger partial charge is 0.395 e. The molecule has 1 unspecified atom stereocenters. The fourth-order valence-electron chi connectivity index (χ4n) is 1.11. The zero-order valence-corrected chi connectivity index (χ0v) is 9.59. The fraction of sp³-hybridized carbons (Fsp3) is 1.00. The van der Waals surface area contributed by atoms with Crippen molar-refractivity contribution in [1.82, 2.24) is 10.2 Å². The number of hydrogen-bond donors (Lipinski definition) is 2. The van der Waals surface area contributed by atoms with Crippen molar-refractivity contribution in [2.45, 2.75) is 26.8 Å². The van der Waals surface area contributed by atoms with E-state index in [0.29, 0.717) is 0 Å². The van der Waals surface area contributed by atoms with Crippen LogP contribution in [0.15, 0.2) is 0 Å². The number of hydrogen-bond acceptors (Lipinski definition) is 3. The van der Waals surface area contributed by atoms with Gasteiger partial charge in [-0.1, -0.05) is 20.8 Å². The van der Waals surface area contributed by atoms with Crippen LogP contribution in [0, 0.1) is 5.41 Å². The van der Waals surface area contributed by atoms with Crippen LogP contribution in [0.1, 0.15) is 20.8 Å². The van der Waals surface area contributed by atoms with E-state index in [1.807, 2.05) is 14.1 Å². The first-order valence-corrected chi connectivity index (χ1v) is 4.87. The SMILES string of the molecule is CN(C)CCNC(CO)C(C)(C)C. The lowest BCUT2D eigenvalue weighted by Gasteiger charge is -2.30. The minimum Gasteiger partial charge on any atom is -0.395 e. The summed E-state index contributed by atoms with van der Waals surface area (Å²) >= 11 is 0. The standard InChI is InChI=1S/C10H24N2O/c1-10(2,3)9(8-13)11-6-7-12(4)5/h9,11,13H,6-8H2,1-5H3. The van der Waals surface area contributed by atoms with Gasteiger partial charge < -0.3 is 15.3 Å². The predicted molar refractivity (Wildman–Crippen MR) is 56.9 cm³/mol. The molecule has 3 heteroatoms. The van der Waals surface area contributed by atoms with Crippen LogP contribution in [-0.2, 0) is 0 Å². The quantitative estimate of drug-likeness (QED) is 0.661. The maximum absolute atomic E-state index is 9.15. The van der Waals surface area contributed by atoms with E-state index in [9.17, 15) is 0 Å². The van der Waals surface area contributed by atoms with Crippen molar-refractivity contribution in [1.29, 1.82) is 0 Å². The van der Waals surface area contributed by atoms with Crippen LogP contribution in [0.4, 0.5) is 0 Å². The van der Waals surface area contributed by atoms with Crippen molar-refractivity contribution in [2.75, 3.05) is 33.8 Å². The minimum absolute atomic E-state index is 0.126. The highest BCUT2D eigenvalue weighted by Gasteiger charge is 2.22. The lowest BCUT2D eigenvalue weighted by Crippen LogP contribution is -2.45. The second kappa shape index (κ2) is 5.58. The summed E-state index contributed by atoms with van der Waals surface area (Å²) in [5, 5.41) is 12.5. The van der Waals surface area contributed by atoms with E-state index in [1.165, 1.54) is 0 Å². The third kappa shape index (κ3) is 6.02. The topological polar surface area (TPSA) is 35.5 Å². The number of rotatable bonds is 5. The molecule has 0 aliphatic rings. The molecule has 0 amide bonds. The van der Waals surface area contributed by atoms with Gasteiger partial charge in [0.15, 0.2) is 0 Å². The number of aliphatic hydroxyl groups excluding tert-OH is 1. The minimum atomic E-state index is 0.126. The van der Waals surface area contributed by atoms with Crippen LogP contribution in [0.2, 0.25) is 0 Å². The number of aliphatic hydroxyl groups is 1. The van der Waals surface area contributed by atoms with Crippen LogP contribution in [0.25, 0.3) is 0 Å². The second-order valence-corrected chi connectivity index (χ2v) is 4.86. The summed E-state index contributed by atoms with van der Waals surface area (Å²) in [5.41, 5.74) is 0.126. The number of nitrogens with zero attached hydrogens (tertiary/aromatic N) is 1. The fourth-order valence-corrected chi connectivity index (χ4v) is 1.11. The normalized spacial score (nSPS) is 15.0. The van der Waals surface area contributed by atoms with E-state index >= 15 is 0 Å². The van der Waals surface area contributed by atoms with Gasteiger partial charge in [-0.05, 0) is 19.5 Å². The molecule has 0 rings (SSSR count). The molecule has 0 aromatic rings. The van der Waals surface area contributed by atoms with E-state index in [0.717, 1.165) is 13.1 Å². The molecule has 0 fully saturated rings. The summed E-state index contributed by atoms with van der Waals surface area (Å²) in [6, 6.07) is 0.187. The van der Waals surface area contributed by atoms with Crippen molar-refractivity contribution in [3.05, 3.63) is 0 Å². The molecule has 1 atom stereocenters. The molecule has 0 aliphatic heterocycles. The summed E-state index contributed by atoms with van der Waals surface area (Å²) in [7, 11) is 4.10. The maximum Gasteiger partial charge on any atom is 0.0589 e. The van der Waals surface area contributed by atoms with Gasteiger partial charge in [-0.3, -0.25) is 0 Å². The maximum atomic E-state index is 9.15. The Morgan fingerprint density at radius 2 is 1.85 bits per heavy atom. The van der Waals surface area contributed by atoms with Gasteiger partial charge >= 0.3 is 0 Å². The van der Waals surface area contributed by atoms with Gasteiger partial charge in [0.2, 0.25) is 0 Å². The van der Waals surface area contributed by atoms with Gasteiger partial charge in [-0.25, -0.2) is 0 Å². The molecular weight excluding hydrogens is 164 g/mol. The Balaban J connectivity index is 3.73. The van der Waals surface area contributed by atoms with Gasteiger partial charge in [0.05, 0.1) is 6.61 Å². The van der Waals surface area contributed by atoms with Crippen molar-refractivity contribution in [2.24, 2.45) is 5.41 Å². The van der Waals surface area contributed by atoms with Gasteiger partial charge in [-0.2, -0.15) is 0 Å². The molecule has 0 aliphatic carbocycles. The van der Waals surface area contributed by atoms with Gasteiger partial charge in [0, 0.05) is 19.1 Å². The van der Waals surface area contributed by atoms with E-state index in [4.69, 9.17) is 5.11 Å². The molecule has 0 bridgehead atoms. The Hall–Kier alpha value is -0.120. The van der Waals surface area contributed by atoms with E-state index in [1.54, 1.807) is 0 Å². The molecular formula is C10H24N2O. The summed E-state index contributed by atoms with van der Waals surface area (Å²) < 4.78 is 0. The molecule has 2 N–H and O–H groups in total. The molecule has 0 heterocycles. The Bertz CT molecular complexity index is 129. The van der Waals surface area contributed by atoms with Crippen LogP contribution >= 0.6 is 0 Å². The second-order valence-electron chi connectivity index (χ2n) is 4.86. The van der Waals surface area contributed by atoms with E-state index in [-0.39, 0.29) is 18.1 Å². The molecule has 0 spiro atoms. The molecule has 3 nitrogen and oxygen atoms in total. The Labute approximate surface area is 82.1 Å². The first-order valence-electron chi connectivity index (χ1n) is 4.87. The summed E-state index contributed by atoms with van der Waals surface area (Å²) in [5.74, 6) is 0. The lowest BCUT2D eigenvalue weighted by atomic mass is 9.87. The molecule has 80 valence electrons. The van der Waals surface area contributed by atoms with Crippen molar-refractivity contribution in [3.8, 4) is 0 Å². The molecule has 0 aromatic heterocycles. The van der Waals surface area contributed by atoms with Crippen LogP contribution < -0.4 is 5.32 Å². The highest BCUT2D eigenvalue weighted by atomic mass is 16.3. The van der Waals surface area contributed by atoms with Crippen LogP contribution in [-0.4, -0.2) is 49.8 Å². The predicted octanol–water partition coefficient (Wildman–Crippen LogP) is 0.545. The van der Waals surface area contributed by atoms with Crippen LogP contribution in [0.5, 0.6) is 0 Å². The summed E-state index contributed by atoms with van der Waals surface area (Å²) in [6.45, 7) is 8.54. The summed E-state index contributed by atoms with van der Waals surface area (Å²) in [4.78, 5) is 2.13. The highest BCUT2D eigenvalue weighted by molar-refractivity contribution is 4.79. The molecule has 0 saturated heterocycles. The molecule has 0 saturated carbocycles. The number of likely N-dealkylation sites (N-methyl/N-ethyl adjacent to an activating group) is 1. The molecule has 13 heavy (non-hydrogen) atoms. The Morgan fingerprint density at radius 3 is 2.15 bits per heavy atom. The summed E-state index contributed by atoms with van der Waals surface area (Å²) in [6.07, 6.45) is 0. The van der Waals surface area contributed by atoms with Gasteiger partial charge in [0.1, 0.15) is 0 Å². The monoisotopic (exact) mass is 188 g/mol. The van der Waals surface area contributed by atoms with Gasteiger partial charge in [-0.15, -0.1) is 0 Å². The third-order valence-electron chi connectivity index (χ3n) is 2.18. The number of nitrogens with one attached hydrogen (secondary N) is 1. The van der Waals surface area contributed by atoms with Crippen LogP contribution in [0.3, 0.4) is 0 Å². The van der Waals surface area contributed by atoms with E-state index < -0.39 is 0 Å². The first kappa shape index (κ1) is 12.9. The van der Waals surface area contributed by atoms with Crippen molar-refractivity contribution in [3.63, 3.8) is 0 Å². The first-order chi connectivity index (χ1) is 5.88. The molecule has 0 aromatic carbocycles. The van der Waals surface area contributed by atoms with Gasteiger partial charge in [0.25, 0.3) is 0 Å². The van der Waals surface area contributed by atoms with Crippen molar-refractivity contribution >= 4 is 0 Å². The highest BCUT2D eigenvalue weighted by Crippen LogP contribution is 2.18. The van der Waals surface area contributed by atoms with E-state index in [2.05, 4.69) is 31.0 Å². The smallest absolute Gasteiger partial charge is 0.0589 e. The lowest BCUT2D eigenvalue weighted by molar-refractivity contribution is 0.157. The average Bonchev–Trinajstić information content (AvgIpc) is 1.95. The zero-order valence-electron chi connectivity index (χ0n) is 9.59. The van der Waals surface area contributed by atoms with Crippen molar-refractivity contribution < 1.29 is 5.11 Å².